The number of thiol groups is 1. The van der Waals surface area contributed by atoms with Gasteiger partial charge in [-0.2, -0.15) is 12.6 Å². The molecule has 0 saturated heterocycles. The first-order valence-electron chi connectivity index (χ1n) is 11.9. The highest BCUT2D eigenvalue weighted by Crippen LogP contribution is 2.35. The Morgan fingerprint density at radius 3 is 1.81 bits per heavy atom. The van der Waals surface area contributed by atoms with Crippen molar-refractivity contribution in [1.82, 2.24) is 10.6 Å². The molecule has 0 aliphatic heterocycles. The Bertz CT molecular complexity index is 712. The van der Waals surface area contributed by atoms with Crippen LogP contribution < -0.4 is 10.6 Å². The summed E-state index contributed by atoms with van der Waals surface area (Å²) in [7, 11) is 6.09. The van der Waals surface area contributed by atoms with E-state index >= 15 is 0 Å². The maximum absolute atomic E-state index is 12.2. The van der Waals surface area contributed by atoms with Gasteiger partial charge in [0.1, 0.15) is 12.1 Å². The lowest BCUT2D eigenvalue weighted by Gasteiger charge is -2.22. The van der Waals surface area contributed by atoms with Crippen LogP contribution in [-0.4, -0.2) is 73.3 Å². The summed E-state index contributed by atoms with van der Waals surface area (Å²) in [5, 5.41) is 24.4. The summed E-state index contributed by atoms with van der Waals surface area (Å²) in [4.78, 5) is 47.3. The fourth-order valence-corrected chi connectivity index (χ4v) is 7.90. The van der Waals surface area contributed by atoms with Gasteiger partial charge in [0.2, 0.25) is 11.8 Å². The number of nitrogens with one attached hydrogen (secondary N) is 2. The number of carbonyl (C=O) groups excluding carboxylic acids is 2. The van der Waals surface area contributed by atoms with Crippen LogP contribution in [0.5, 0.6) is 0 Å². The monoisotopic (exact) mass is 602 g/mol. The topological polar surface area (TPSA) is 133 Å². The van der Waals surface area contributed by atoms with E-state index in [4.69, 9.17) is 0 Å². The molecule has 0 aliphatic rings. The smallest absolute Gasteiger partial charge is 0.327 e. The van der Waals surface area contributed by atoms with Crippen molar-refractivity contribution in [2.24, 2.45) is 5.41 Å². The Morgan fingerprint density at radius 1 is 0.806 bits per heavy atom. The Morgan fingerprint density at radius 2 is 1.33 bits per heavy atom. The lowest BCUT2D eigenvalue weighted by atomic mass is 9.95. The Hall–Kier alpha value is -0.370. The van der Waals surface area contributed by atoms with E-state index in [-0.39, 0.29) is 17.4 Å². The molecule has 0 aromatic heterocycles. The molecule has 36 heavy (non-hydrogen) atoms. The van der Waals surface area contributed by atoms with Crippen LogP contribution in [0.1, 0.15) is 73.6 Å². The van der Waals surface area contributed by atoms with Crippen molar-refractivity contribution in [3.05, 3.63) is 0 Å². The minimum absolute atomic E-state index is 0.242. The number of hydrogen-bond acceptors (Lipinski definition) is 9. The molecule has 8 nitrogen and oxygen atoms in total. The van der Waals surface area contributed by atoms with Crippen LogP contribution in [0.3, 0.4) is 0 Å². The van der Waals surface area contributed by atoms with Gasteiger partial charge in [-0.3, -0.25) is 9.59 Å². The van der Waals surface area contributed by atoms with Crippen LogP contribution in [0.15, 0.2) is 0 Å². The van der Waals surface area contributed by atoms with Crippen LogP contribution in [0.4, 0.5) is 0 Å². The normalized spacial score (nSPS) is 14.5. The molecule has 4 N–H and O–H groups in total. The van der Waals surface area contributed by atoms with Gasteiger partial charge in [-0.1, -0.05) is 90.1 Å². The summed E-state index contributed by atoms with van der Waals surface area (Å²) >= 11 is 4.18. The number of carboxylic acid groups (broad SMARTS) is 2. The van der Waals surface area contributed by atoms with Gasteiger partial charge in [0, 0.05) is 27.9 Å². The zero-order chi connectivity index (χ0) is 27.9. The number of amides is 2. The molecule has 0 aliphatic carbocycles. The standard InChI is InChI=1S/C23H42N2O6S5/c1-7-8-9-10-15(36-35-14-17(19(28)29)24-20(30)22(2,3)4)11-12-33-34-13-16(18(26)27)25-21(31)23(5,6)32/h15-17,32H,7-14H2,1-6H3,(H,24,30)(H,25,31)(H,26,27)(H,28,29). The second-order valence-electron chi connectivity index (χ2n) is 9.93. The predicted molar refractivity (Wildman–Crippen MR) is 159 cm³/mol. The maximum atomic E-state index is 12.2. The summed E-state index contributed by atoms with van der Waals surface area (Å²) in [5.74, 6) is -1.52. The molecule has 210 valence electrons. The molecule has 0 saturated carbocycles. The minimum atomic E-state index is -1.08. The van der Waals surface area contributed by atoms with Gasteiger partial charge < -0.3 is 20.8 Å². The molecule has 0 bridgehead atoms. The molecular formula is C23H42N2O6S5. The highest BCUT2D eigenvalue weighted by atomic mass is 33.1. The van der Waals surface area contributed by atoms with Gasteiger partial charge in [0.25, 0.3) is 0 Å². The fourth-order valence-electron chi connectivity index (χ4n) is 2.48. The summed E-state index contributed by atoms with van der Waals surface area (Å²) in [5.41, 5.74) is -0.658. The number of unbranched alkanes of at least 4 members (excludes halogenated alkanes) is 2. The van der Waals surface area contributed by atoms with Crippen molar-refractivity contribution in [2.75, 3.05) is 17.3 Å². The van der Waals surface area contributed by atoms with E-state index in [0.717, 1.165) is 37.9 Å². The van der Waals surface area contributed by atoms with E-state index in [1.807, 2.05) is 0 Å². The largest absolute Gasteiger partial charge is 0.480 e. The Labute approximate surface area is 237 Å². The third-order valence-corrected chi connectivity index (χ3v) is 10.5. The van der Waals surface area contributed by atoms with E-state index in [1.54, 1.807) is 56.2 Å². The van der Waals surface area contributed by atoms with E-state index < -0.39 is 40.1 Å². The number of rotatable bonds is 19. The molecule has 3 atom stereocenters. The molecule has 13 heteroatoms. The average molecular weight is 603 g/mol. The SMILES string of the molecule is CCCCCC(CCSSCC(NC(=O)C(C)(C)S)C(=O)O)SSCC(NC(=O)C(C)(C)C)C(=O)O. The first-order valence-corrected chi connectivity index (χ1v) is 17.2. The van der Waals surface area contributed by atoms with Gasteiger partial charge >= 0.3 is 11.9 Å². The second kappa shape index (κ2) is 18.0. The van der Waals surface area contributed by atoms with Crippen molar-refractivity contribution >= 4 is 79.6 Å². The quantitative estimate of drug-likeness (QED) is 0.0783. The fraction of sp³-hybridized carbons (Fsp3) is 0.826. The van der Waals surface area contributed by atoms with Crippen LogP contribution in [0.25, 0.3) is 0 Å². The third-order valence-electron chi connectivity index (χ3n) is 4.85. The predicted octanol–water partition coefficient (Wildman–Crippen LogP) is 4.98. The van der Waals surface area contributed by atoms with Crippen molar-refractivity contribution in [3.63, 3.8) is 0 Å². The molecule has 2 amide bonds. The van der Waals surface area contributed by atoms with Crippen LogP contribution in [-0.2, 0) is 19.2 Å². The van der Waals surface area contributed by atoms with Crippen molar-refractivity contribution in [2.45, 2.75) is 95.7 Å². The first kappa shape index (κ1) is 35.6. The maximum Gasteiger partial charge on any atom is 0.327 e. The molecule has 0 heterocycles. The Balaban J connectivity index is 4.67. The number of carboxylic acids is 2. The lowest BCUT2D eigenvalue weighted by molar-refractivity contribution is -0.142. The van der Waals surface area contributed by atoms with E-state index in [2.05, 4.69) is 30.2 Å². The van der Waals surface area contributed by atoms with Gasteiger partial charge in [0.05, 0.1) is 4.75 Å². The Kier molecular flexibility index (Phi) is 17.8. The zero-order valence-electron chi connectivity index (χ0n) is 22.0. The summed E-state index contributed by atoms with van der Waals surface area (Å²) in [6.07, 6.45) is 5.22. The third kappa shape index (κ3) is 16.5. The molecule has 0 aromatic rings. The molecule has 3 unspecified atom stereocenters. The van der Waals surface area contributed by atoms with Crippen LogP contribution in [0, 0.1) is 5.41 Å². The molecule has 0 aromatic carbocycles. The average Bonchev–Trinajstić information content (AvgIpc) is 2.75. The molecule has 0 radical (unpaired) electrons. The lowest BCUT2D eigenvalue weighted by Crippen LogP contribution is -2.48. The highest BCUT2D eigenvalue weighted by molar-refractivity contribution is 8.77. The second-order valence-corrected chi connectivity index (χ2v) is 16.4. The van der Waals surface area contributed by atoms with Gasteiger partial charge in [-0.25, -0.2) is 9.59 Å². The summed E-state index contributed by atoms with van der Waals surface area (Å²) in [6, 6.07) is -1.93. The van der Waals surface area contributed by atoms with Crippen LogP contribution >= 0.6 is 55.8 Å². The molecule has 0 spiro atoms. The zero-order valence-corrected chi connectivity index (χ0v) is 26.2. The van der Waals surface area contributed by atoms with Crippen molar-refractivity contribution < 1.29 is 29.4 Å². The first-order chi connectivity index (χ1) is 16.6. The van der Waals surface area contributed by atoms with Gasteiger partial charge in [-0.15, -0.1) is 0 Å². The highest BCUT2D eigenvalue weighted by Gasteiger charge is 2.29. The molecule has 0 rings (SSSR count). The summed E-state index contributed by atoms with van der Waals surface area (Å²) in [6.45, 7) is 10.6. The molecular weight excluding hydrogens is 561 g/mol. The summed E-state index contributed by atoms with van der Waals surface area (Å²) < 4.78 is -0.957. The number of hydrogen-bond donors (Lipinski definition) is 5. The van der Waals surface area contributed by atoms with Crippen LogP contribution in [0.2, 0.25) is 0 Å². The van der Waals surface area contributed by atoms with E-state index in [1.165, 1.54) is 21.6 Å². The van der Waals surface area contributed by atoms with Crippen molar-refractivity contribution in [1.29, 1.82) is 0 Å². The van der Waals surface area contributed by atoms with Gasteiger partial charge in [-0.05, 0) is 26.7 Å². The van der Waals surface area contributed by atoms with E-state index in [9.17, 15) is 29.4 Å². The van der Waals surface area contributed by atoms with E-state index in [0.29, 0.717) is 5.25 Å². The minimum Gasteiger partial charge on any atom is -0.480 e. The number of aliphatic carboxylic acids is 2. The van der Waals surface area contributed by atoms with Crippen molar-refractivity contribution in [3.8, 4) is 0 Å². The van der Waals surface area contributed by atoms with Gasteiger partial charge in [0.15, 0.2) is 0 Å². The number of carbonyl (C=O) groups is 4. The molecule has 0 fully saturated rings.